The van der Waals surface area contributed by atoms with Crippen LogP contribution in [0.4, 0.5) is 11.6 Å². The first-order valence-electron chi connectivity index (χ1n) is 7.52. The number of anilines is 2. The lowest BCUT2D eigenvalue weighted by Crippen LogP contribution is -2.34. The lowest BCUT2D eigenvalue weighted by atomic mass is 10.1. The number of aromatic nitrogens is 4. The maximum Gasteiger partial charge on any atom is 0.236 e. The van der Waals surface area contributed by atoms with E-state index in [0.29, 0.717) is 24.7 Å². The van der Waals surface area contributed by atoms with Crippen LogP contribution in [0.25, 0.3) is 0 Å². The first-order chi connectivity index (χ1) is 11.2. The number of rotatable bonds is 4. The number of hydrogen-bond donors (Lipinski definition) is 2. The summed E-state index contributed by atoms with van der Waals surface area (Å²) < 4.78 is 0. The minimum Gasteiger partial charge on any atom is -0.341 e. The third-order valence-corrected chi connectivity index (χ3v) is 3.77. The Kier molecular flexibility index (Phi) is 4.42. The summed E-state index contributed by atoms with van der Waals surface area (Å²) in [6.45, 7) is 3.28. The van der Waals surface area contributed by atoms with Gasteiger partial charge in [0.1, 0.15) is 17.5 Å². The van der Waals surface area contributed by atoms with E-state index in [0.717, 1.165) is 17.9 Å². The van der Waals surface area contributed by atoms with Gasteiger partial charge in [-0.15, -0.1) is 0 Å². The summed E-state index contributed by atoms with van der Waals surface area (Å²) in [5.41, 5.74) is 6.29. The van der Waals surface area contributed by atoms with Crippen LogP contribution in [0.15, 0.2) is 24.7 Å². The minimum absolute atomic E-state index is 0.0296. The zero-order valence-corrected chi connectivity index (χ0v) is 12.9. The highest BCUT2D eigenvalue weighted by Gasteiger charge is 2.28. The molecule has 0 bridgehead atoms. The summed E-state index contributed by atoms with van der Waals surface area (Å²) in [5.74, 6) is 2.15. The van der Waals surface area contributed by atoms with Gasteiger partial charge in [-0.1, -0.05) is 0 Å². The van der Waals surface area contributed by atoms with Crippen molar-refractivity contribution in [2.75, 3.05) is 25.0 Å². The molecule has 2 aromatic rings. The van der Waals surface area contributed by atoms with Crippen LogP contribution in [0.1, 0.15) is 23.9 Å². The second-order valence-electron chi connectivity index (χ2n) is 5.50. The Labute approximate surface area is 134 Å². The average molecular weight is 313 g/mol. The topological polar surface area (TPSA) is 110 Å². The number of nitrogens with one attached hydrogen (secondary N) is 1. The number of carbonyl (C=O) groups is 1. The Balaban J connectivity index is 1.77. The molecule has 8 nitrogen and oxygen atoms in total. The standard InChI is InChI=1S/C15H19N7O/c1-10-6-12(20-13-8-17-3-4-18-13)21-15(19-10)11-2-5-22(9-11)14(23)7-16/h3-4,6,8,11H,2,5,7,9,16H2,1H3,(H,18,19,20,21). The summed E-state index contributed by atoms with van der Waals surface area (Å²) in [5, 5.41) is 3.13. The van der Waals surface area contributed by atoms with Gasteiger partial charge in [0.15, 0.2) is 0 Å². The van der Waals surface area contributed by atoms with E-state index in [9.17, 15) is 4.79 Å². The van der Waals surface area contributed by atoms with E-state index in [1.807, 2.05) is 13.0 Å². The van der Waals surface area contributed by atoms with E-state index in [1.54, 1.807) is 23.5 Å². The van der Waals surface area contributed by atoms with Crippen molar-refractivity contribution in [3.63, 3.8) is 0 Å². The van der Waals surface area contributed by atoms with E-state index in [1.165, 1.54) is 0 Å². The van der Waals surface area contributed by atoms with E-state index in [2.05, 4.69) is 25.3 Å². The van der Waals surface area contributed by atoms with Crippen LogP contribution in [-0.4, -0.2) is 50.4 Å². The highest BCUT2D eigenvalue weighted by molar-refractivity contribution is 5.78. The fourth-order valence-electron chi connectivity index (χ4n) is 2.66. The second kappa shape index (κ2) is 6.66. The molecule has 0 saturated carbocycles. The maximum atomic E-state index is 11.7. The monoisotopic (exact) mass is 313 g/mol. The summed E-state index contributed by atoms with van der Waals surface area (Å²) in [6, 6.07) is 1.86. The quantitative estimate of drug-likeness (QED) is 0.850. The molecule has 1 saturated heterocycles. The summed E-state index contributed by atoms with van der Waals surface area (Å²) >= 11 is 0. The van der Waals surface area contributed by atoms with Crippen LogP contribution in [0.3, 0.4) is 0 Å². The lowest BCUT2D eigenvalue weighted by molar-refractivity contribution is -0.128. The molecule has 3 N–H and O–H groups in total. The molecule has 0 spiro atoms. The highest BCUT2D eigenvalue weighted by Crippen LogP contribution is 2.26. The van der Waals surface area contributed by atoms with E-state index < -0.39 is 0 Å². The van der Waals surface area contributed by atoms with Crippen LogP contribution < -0.4 is 11.1 Å². The van der Waals surface area contributed by atoms with Gasteiger partial charge in [0.2, 0.25) is 5.91 Å². The van der Waals surface area contributed by atoms with E-state index >= 15 is 0 Å². The van der Waals surface area contributed by atoms with Crippen LogP contribution in [0, 0.1) is 6.92 Å². The predicted molar refractivity (Wildman–Crippen MR) is 85.1 cm³/mol. The molecule has 3 rings (SSSR count). The molecule has 1 amide bonds. The number of nitrogens with two attached hydrogens (primary N) is 1. The first-order valence-corrected chi connectivity index (χ1v) is 7.52. The highest BCUT2D eigenvalue weighted by atomic mass is 16.2. The van der Waals surface area contributed by atoms with E-state index in [-0.39, 0.29) is 18.4 Å². The zero-order valence-electron chi connectivity index (χ0n) is 12.9. The smallest absolute Gasteiger partial charge is 0.236 e. The SMILES string of the molecule is Cc1cc(Nc2cnccn2)nc(C2CCN(C(=O)CN)C2)n1. The maximum absolute atomic E-state index is 11.7. The molecule has 1 atom stereocenters. The molecule has 2 aromatic heterocycles. The van der Waals surface area contributed by atoms with Gasteiger partial charge in [0.25, 0.3) is 0 Å². The van der Waals surface area contributed by atoms with Crippen molar-refractivity contribution in [2.45, 2.75) is 19.3 Å². The zero-order chi connectivity index (χ0) is 16.2. The number of aryl methyl sites for hydroxylation is 1. The third kappa shape index (κ3) is 3.59. The molecule has 1 unspecified atom stereocenters. The molecule has 23 heavy (non-hydrogen) atoms. The van der Waals surface area contributed by atoms with Crippen molar-refractivity contribution in [1.29, 1.82) is 0 Å². The fraction of sp³-hybridized carbons (Fsp3) is 0.400. The van der Waals surface area contributed by atoms with Gasteiger partial charge < -0.3 is 16.0 Å². The minimum atomic E-state index is -0.0296. The van der Waals surface area contributed by atoms with Gasteiger partial charge >= 0.3 is 0 Å². The Morgan fingerprint density at radius 2 is 2.26 bits per heavy atom. The van der Waals surface area contributed by atoms with Crippen molar-refractivity contribution in [1.82, 2.24) is 24.8 Å². The van der Waals surface area contributed by atoms with Gasteiger partial charge in [0.05, 0.1) is 12.7 Å². The van der Waals surface area contributed by atoms with Gasteiger partial charge in [-0.25, -0.2) is 15.0 Å². The Morgan fingerprint density at radius 3 is 3.00 bits per heavy atom. The normalized spacial score (nSPS) is 17.3. The number of amides is 1. The third-order valence-electron chi connectivity index (χ3n) is 3.77. The van der Waals surface area contributed by atoms with Crippen molar-refractivity contribution in [2.24, 2.45) is 5.73 Å². The van der Waals surface area contributed by atoms with Crippen molar-refractivity contribution in [3.8, 4) is 0 Å². The van der Waals surface area contributed by atoms with Gasteiger partial charge in [-0.05, 0) is 13.3 Å². The molecule has 120 valence electrons. The molecular formula is C15H19N7O. The first kappa shape index (κ1) is 15.3. The molecule has 0 aromatic carbocycles. The summed E-state index contributed by atoms with van der Waals surface area (Å²) in [4.78, 5) is 30.8. The number of hydrogen-bond acceptors (Lipinski definition) is 7. The molecule has 3 heterocycles. The van der Waals surface area contributed by atoms with Crippen LogP contribution in [0.5, 0.6) is 0 Å². The second-order valence-corrected chi connectivity index (χ2v) is 5.50. The lowest BCUT2D eigenvalue weighted by Gasteiger charge is -2.15. The fourth-order valence-corrected chi connectivity index (χ4v) is 2.66. The molecule has 0 aliphatic carbocycles. The molecule has 8 heteroatoms. The van der Waals surface area contributed by atoms with Gasteiger partial charge in [0, 0.05) is 43.2 Å². The number of likely N-dealkylation sites (tertiary alicyclic amines) is 1. The van der Waals surface area contributed by atoms with Crippen molar-refractivity contribution < 1.29 is 4.79 Å². The van der Waals surface area contributed by atoms with Crippen LogP contribution >= 0.6 is 0 Å². The molecule has 1 aliphatic heterocycles. The number of nitrogens with zero attached hydrogens (tertiary/aromatic N) is 5. The number of carbonyl (C=O) groups excluding carboxylic acids is 1. The molecule has 0 radical (unpaired) electrons. The van der Waals surface area contributed by atoms with Gasteiger partial charge in [-0.3, -0.25) is 9.78 Å². The van der Waals surface area contributed by atoms with Crippen molar-refractivity contribution >= 4 is 17.5 Å². The van der Waals surface area contributed by atoms with Crippen molar-refractivity contribution in [3.05, 3.63) is 36.2 Å². The molecular weight excluding hydrogens is 294 g/mol. The average Bonchev–Trinajstić information content (AvgIpc) is 3.04. The Hall–Kier alpha value is -2.61. The largest absolute Gasteiger partial charge is 0.341 e. The van der Waals surface area contributed by atoms with Crippen LogP contribution in [-0.2, 0) is 4.79 Å². The Bertz CT molecular complexity index is 691. The molecule has 1 aliphatic rings. The summed E-state index contributed by atoms with van der Waals surface area (Å²) in [6.07, 6.45) is 5.71. The Morgan fingerprint density at radius 1 is 1.39 bits per heavy atom. The van der Waals surface area contributed by atoms with Crippen LogP contribution in [0.2, 0.25) is 0 Å². The summed E-state index contributed by atoms with van der Waals surface area (Å²) in [7, 11) is 0. The molecule has 1 fully saturated rings. The van der Waals surface area contributed by atoms with E-state index in [4.69, 9.17) is 5.73 Å². The predicted octanol–water partition coefficient (Wildman–Crippen LogP) is 0.593. The van der Waals surface area contributed by atoms with Gasteiger partial charge in [-0.2, -0.15) is 0 Å².